The molecule has 0 saturated heterocycles. The molecule has 1 rings (SSSR count). The molecule has 6 heteroatoms. The molecule has 1 aromatic rings. The number of benzene rings is 1. The molecule has 0 heterocycles. The number of carboxylic acid groups (broad SMARTS) is 1. The van der Waals surface area contributed by atoms with Gasteiger partial charge in [0.2, 0.25) is 5.91 Å². The van der Waals surface area contributed by atoms with Gasteiger partial charge in [0.05, 0.1) is 6.61 Å². The molecule has 116 valence electrons. The number of thioether (sulfide) groups is 1. The van der Waals surface area contributed by atoms with E-state index in [9.17, 15) is 9.59 Å². The maximum Gasteiger partial charge on any atom is 0.326 e. The average molecular weight is 311 g/mol. The molecular formula is C15H21NO4S. The van der Waals surface area contributed by atoms with Crippen LogP contribution in [-0.4, -0.2) is 41.6 Å². The summed E-state index contributed by atoms with van der Waals surface area (Å²) >= 11 is 1.56. The van der Waals surface area contributed by atoms with Crippen LogP contribution in [0.1, 0.15) is 19.3 Å². The van der Waals surface area contributed by atoms with Crippen molar-refractivity contribution in [2.75, 3.05) is 18.6 Å². The minimum absolute atomic E-state index is 0.250. The van der Waals surface area contributed by atoms with Crippen LogP contribution in [-0.2, 0) is 9.59 Å². The van der Waals surface area contributed by atoms with E-state index in [1.54, 1.807) is 11.8 Å². The summed E-state index contributed by atoms with van der Waals surface area (Å²) in [5.41, 5.74) is 0. The van der Waals surface area contributed by atoms with Crippen molar-refractivity contribution < 1.29 is 19.4 Å². The first kappa shape index (κ1) is 17.4. The van der Waals surface area contributed by atoms with Crippen LogP contribution in [0.5, 0.6) is 5.75 Å². The van der Waals surface area contributed by atoms with E-state index >= 15 is 0 Å². The van der Waals surface area contributed by atoms with Gasteiger partial charge >= 0.3 is 5.97 Å². The molecule has 0 unspecified atom stereocenters. The number of carbonyl (C=O) groups excluding carboxylic acids is 1. The van der Waals surface area contributed by atoms with Crippen molar-refractivity contribution in [3.8, 4) is 5.75 Å². The monoisotopic (exact) mass is 311 g/mol. The van der Waals surface area contributed by atoms with Gasteiger partial charge in [-0.25, -0.2) is 4.79 Å². The zero-order valence-electron chi connectivity index (χ0n) is 12.1. The molecule has 0 aliphatic rings. The lowest BCUT2D eigenvalue weighted by molar-refractivity contribution is -0.141. The molecule has 5 nitrogen and oxygen atoms in total. The van der Waals surface area contributed by atoms with E-state index in [0.29, 0.717) is 25.2 Å². The van der Waals surface area contributed by atoms with Crippen molar-refractivity contribution in [2.24, 2.45) is 0 Å². The van der Waals surface area contributed by atoms with Gasteiger partial charge in [-0.05, 0) is 37.0 Å². The molecule has 0 saturated carbocycles. The molecule has 0 bridgehead atoms. The van der Waals surface area contributed by atoms with Crippen LogP contribution in [0.3, 0.4) is 0 Å². The first-order valence-corrected chi connectivity index (χ1v) is 8.22. The van der Waals surface area contributed by atoms with E-state index in [0.717, 1.165) is 5.75 Å². The minimum Gasteiger partial charge on any atom is -0.494 e. The lowest BCUT2D eigenvalue weighted by atomic mass is 10.2. The molecule has 0 aliphatic heterocycles. The number of carbonyl (C=O) groups is 2. The third-order valence-electron chi connectivity index (χ3n) is 2.80. The van der Waals surface area contributed by atoms with Crippen LogP contribution in [0.2, 0.25) is 0 Å². The molecule has 0 radical (unpaired) electrons. The van der Waals surface area contributed by atoms with Gasteiger partial charge in [-0.1, -0.05) is 18.2 Å². The molecule has 1 aromatic carbocycles. The molecule has 0 aromatic heterocycles. The van der Waals surface area contributed by atoms with Crippen LogP contribution in [0.25, 0.3) is 0 Å². The van der Waals surface area contributed by atoms with Gasteiger partial charge in [-0.15, -0.1) is 0 Å². The summed E-state index contributed by atoms with van der Waals surface area (Å²) < 4.78 is 5.47. The van der Waals surface area contributed by atoms with Crippen molar-refractivity contribution in [1.29, 1.82) is 0 Å². The van der Waals surface area contributed by atoms with Crippen LogP contribution < -0.4 is 10.1 Å². The summed E-state index contributed by atoms with van der Waals surface area (Å²) in [5.74, 6) is 0.230. The van der Waals surface area contributed by atoms with Gasteiger partial charge in [0.15, 0.2) is 0 Å². The van der Waals surface area contributed by atoms with Gasteiger partial charge in [0.25, 0.3) is 0 Å². The van der Waals surface area contributed by atoms with E-state index in [-0.39, 0.29) is 12.3 Å². The smallest absolute Gasteiger partial charge is 0.326 e. The van der Waals surface area contributed by atoms with Crippen molar-refractivity contribution in [1.82, 2.24) is 5.32 Å². The molecular weight excluding hydrogens is 290 g/mol. The number of ether oxygens (including phenoxy) is 1. The number of rotatable bonds is 10. The van der Waals surface area contributed by atoms with Gasteiger partial charge in [0.1, 0.15) is 11.8 Å². The van der Waals surface area contributed by atoms with E-state index < -0.39 is 12.0 Å². The maximum atomic E-state index is 11.7. The van der Waals surface area contributed by atoms with Crippen LogP contribution in [0.15, 0.2) is 30.3 Å². The Balaban J connectivity index is 2.21. The summed E-state index contributed by atoms with van der Waals surface area (Å²) in [6.45, 7) is 0.431. The lowest BCUT2D eigenvalue weighted by Gasteiger charge is -2.14. The van der Waals surface area contributed by atoms with Crippen molar-refractivity contribution in [3.63, 3.8) is 0 Å². The normalized spacial score (nSPS) is 11.7. The molecule has 1 amide bonds. The second kappa shape index (κ2) is 10.1. The summed E-state index contributed by atoms with van der Waals surface area (Å²) in [6, 6.07) is 8.56. The summed E-state index contributed by atoms with van der Waals surface area (Å²) in [4.78, 5) is 22.7. The molecule has 0 spiro atoms. The number of aliphatic carboxylic acids is 1. The maximum absolute atomic E-state index is 11.7. The molecule has 21 heavy (non-hydrogen) atoms. The third kappa shape index (κ3) is 7.60. The highest BCUT2D eigenvalue weighted by Crippen LogP contribution is 2.09. The SMILES string of the molecule is CSCC[C@@H](NC(=O)CCCOc1ccccc1)C(=O)O. The van der Waals surface area contributed by atoms with Gasteiger partial charge in [0, 0.05) is 6.42 Å². The van der Waals surface area contributed by atoms with Gasteiger partial charge < -0.3 is 15.2 Å². The van der Waals surface area contributed by atoms with E-state index in [1.807, 2.05) is 36.6 Å². The quantitative estimate of drug-likeness (QED) is 0.648. The fraction of sp³-hybridized carbons (Fsp3) is 0.467. The topological polar surface area (TPSA) is 75.6 Å². The summed E-state index contributed by atoms with van der Waals surface area (Å²) in [5, 5.41) is 11.6. The van der Waals surface area contributed by atoms with Crippen LogP contribution >= 0.6 is 11.8 Å². The third-order valence-corrected chi connectivity index (χ3v) is 3.45. The molecule has 2 N–H and O–H groups in total. The zero-order valence-corrected chi connectivity index (χ0v) is 12.9. The number of para-hydroxylation sites is 1. The summed E-state index contributed by atoms with van der Waals surface area (Å²) in [7, 11) is 0. The highest BCUT2D eigenvalue weighted by molar-refractivity contribution is 7.98. The molecule has 0 aliphatic carbocycles. The van der Waals surface area contributed by atoms with E-state index in [4.69, 9.17) is 9.84 Å². The Morgan fingerprint density at radius 3 is 2.67 bits per heavy atom. The Morgan fingerprint density at radius 2 is 2.05 bits per heavy atom. The standard InChI is InChI=1S/C15H21NO4S/c1-21-11-9-13(15(18)19)16-14(17)8-5-10-20-12-6-3-2-4-7-12/h2-4,6-7,13H,5,8-11H2,1H3,(H,16,17)(H,18,19)/t13-/m1/s1. The number of hydrogen-bond donors (Lipinski definition) is 2. The Labute approximate surface area is 129 Å². The second-order valence-electron chi connectivity index (χ2n) is 4.50. The number of amides is 1. The van der Waals surface area contributed by atoms with Crippen molar-refractivity contribution >= 4 is 23.6 Å². The van der Waals surface area contributed by atoms with Crippen molar-refractivity contribution in [3.05, 3.63) is 30.3 Å². The predicted octanol–water partition coefficient (Wildman–Crippen LogP) is 2.17. The highest BCUT2D eigenvalue weighted by atomic mass is 32.2. The first-order chi connectivity index (χ1) is 10.1. The fourth-order valence-electron chi connectivity index (χ4n) is 1.70. The Kier molecular flexibility index (Phi) is 8.35. The Bertz CT molecular complexity index is 439. The predicted molar refractivity (Wildman–Crippen MR) is 83.7 cm³/mol. The van der Waals surface area contributed by atoms with E-state index in [1.165, 1.54) is 0 Å². The Hall–Kier alpha value is -1.69. The number of nitrogens with one attached hydrogen (secondary N) is 1. The molecule has 1 atom stereocenters. The second-order valence-corrected chi connectivity index (χ2v) is 5.49. The van der Waals surface area contributed by atoms with Gasteiger partial charge in [-0.3, -0.25) is 4.79 Å². The minimum atomic E-state index is -0.988. The Morgan fingerprint density at radius 1 is 1.33 bits per heavy atom. The summed E-state index contributed by atoms with van der Waals surface area (Å²) in [6.07, 6.45) is 3.15. The number of hydrogen-bond acceptors (Lipinski definition) is 4. The van der Waals surface area contributed by atoms with Crippen molar-refractivity contribution in [2.45, 2.75) is 25.3 Å². The number of carboxylic acids is 1. The van der Waals surface area contributed by atoms with Crippen LogP contribution in [0, 0.1) is 0 Å². The first-order valence-electron chi connectivity index (χ1n) is 6.82. The molecule has 0 fully saturated rings. The zero-order chi connectivity index (χ0) is 15.5. The van der Waals surface area contributed by atoms with Crippen LogP contribution in [0.4, 0.5) is 0 Å². The largest absolute Gasteiger partial charge is 0.494 e. The lowest BCUT2D eigenvalue weighted by Crippen LogP contribution is -2.41. The van der Waals surface area contributed by atoms with E-state index in [2.05, 4.69) is 5.32 Å². The van der Waals surface area contributed by atoms with Gasteiger partial charge in [-0.2, -0.15) is 11.8 Å². The highest BCUT2D eigenvalue weighted by Gasteiger charge is 2.18. The fourth-order valence-corrected chi connectivity index (χ4v) is 2.17. The average Bonchev–Trinajstić information content (AvgIpc) is 2.48.